The molecular formula is C25H22ClF3N4O2. The Hall–Kier alpha value is -3.59. The number of ether oxygens (including phenoxy) is 1. The number of anilines is 1. The fourth-order valence-corrected chi connectivity index (χ4v) is 3.74. The first-order valence-electron chi connectivity index (χ1n) is 11.0. The lowest BCUT2D eigenvalue weighted by Gasteiger charge is -2.14. The number of pyridine rings is 1. The van der Waals surface area contributed by atoms with Crippen molar-refractivity contribution in [1.82, 2.24) is 10.3 Å². The molecule has 0 saturated carbocycles. The number of halogens is 4. The molecule has 0 atom stereocenters. The molecule has 0 fully saturated rings. The summed E-state index contributed by atoms with van der Waals surface area (Å²) in [5.74, 6) is 1.52. The number of aromatic nitrogens is 1. The number of carbonyl (C=O) groups excluding carboxylic acids is 1. The molecule has 35 heavy (non-hydrogen) atoms. The highest BCUT2D eigenvalue weighted by Gasteiger charge is 2.33. The number of carbonyl (C=O) groups is 1. The molecule has 2 heterocycles. The Balaban J connectivity index is 1.36. The third-order valence-corrected chi connectivity index (χ3v) is 5.53. The maximum atomic E-state index is 13.0. The zero-order valence-corrected chi connectivity index (χ0v) is 19.3. The van der Waals surface area contributed by atoms with E-state index in [9.17, 15) is 18.0 Å². The minimum atomic E-state index is -4.60. The van der Waals surface area contributed by atoms with E-state index in [0.717, 1.165) is 43.0 Å². The number of hydrogen-bond donors (Lipinski definition) is 2. The van der Waals surface area contributed by atoms with Crippen LogP contribution in [0.15, 0.2) is 65.8 Å². The average Bonchev–Trinajstić information content (AvgIpc) is 2.84. The molecule has 1 amide bonds. The average molecular weight is 503 g/mol. The molecule has 0 saturated heterocycles. The molecule has 6 nitrogen and oxygen atoms in total. The number of amidine groups is 1. The van der Waals surface area contributed by atoms with E-state index in [1.165, 1.54) is 6.07 Å². The second-order valence-electron chi connectivity index (χ2n) is 7.88. The summed E-state index contributed by atoms with van der Waals surface area (Å²) < 4.78 is 45.0. The van der Waals surface area contributed by atoms with Gasteiger partial charge in [-0.25, -0.2) is 0 Å². The van der Waals surface area contributed by atoms with Gasteiger partial charge in [0, 0.05) is 37.5 Å². The van der Waals surface area contributed by atoms with Crippen molar-refractivity contribution in [3.63, 3.8) is 0 Å². The van der Waals surface area contributed by atoms with Gasteiger partial charge in [-0.05, 0) is 54.8 Å². The van der Waals surface area contributed by atoms with Gasteiger partial charge in [0.2, 0.25) is 5.91 Å². The summed E-state index contributed by atoms with van der Waals surface area (Å²) in [4.78, 5) is 21.1. The first kappa shape index (κ1) is 24.5. The number of nitrogens with one attached hydrogen (secondary N) is 2. The highest BCUT2D eigenvalue weighted by atomic mass is 35.5. The molecule has 0 bridgehead atoms. The van der Waals surface area contributed by atoms with Crippen LogP contribution in [-0.4, -0.2) is 29.8 Å². The van der Waals surface area contributed by atoms with Crippen molar-refractivity contribution < 1.29 is 22.7 Å². The summed E-state index contributed by atoms with van der Waals surface area (Å²) in [5, 5.41) is 5.30. The first-order valence-corrected chi connectivity index (χ1v) is 11.3. The lowest BCUT2D eigenvalue weighted by Crippen LogP contribution is -2.30. The number of aliphatic imine (C=N–C) groups is 1. The first-order chi connectivity index (χ1) is 16.8. The topological polar surface area (TPSA) is 75.6 Å². The maximum Gasteiger partial charge on any atom is 0.417 e. The highest BCUT2D eigenvalue weighted by Crippen LogP contribution is 2.36. The van der Waals surface area contributed by atoms with Crippen LogP contribution in [0, 0.1) is 0 Å². The van der Waals surface area contributed by atoms with Gasteiger partial charge in [0.05, 0.1) is 10.6 Å². The van der Waals surface area contributed by atoms with Gasteiger partial charge in [-0.2, -0.15) is 13.2 Å². The normalized spacial score (nSPS) is 13.5. The van der Waals surface area contributed by atoms with E-state index in [1.54, 1.807) is 24.4 Å². The lowest BCUT2D eigenvalue weighted by molar-refractivity contribution is -0.137. The second kappa shape index (κ2) is 10.8. The van der Waals surface area contributed by atoms with E-state index < -0.39 is 22.7 Å². The van der Waals surface area contributed by atoms with Crippen LogP contribution in [0.2, 0.25) is 5.02 Å². The predicted octanol–water partition coefficient (Wildman–Crippen LogP) is 5.86. The molecule has 3 aromatic rings. The van der Waals surface area contributed by atoms with Crippen LogP contribution in [-0.2, 0) is 17.4 Å². The van der Waals surface area contributed by atoms with Crippen molar-refractivity contribution in [3.8, 4) is 11.5 Å². The van der Waals surface area contributed by atoms with Crippen LogP contribution in [0.4, 0.5) is 18.9 Å². The number of benzene rings is 2. The van der Waals surface area contributed by atoms with E-state index in [2.05, 4.69) is 20.6 Å². The van der Waals surface area contributed by atoms with Gasteiger partial charge in [-0.15, -0.1) is 0 Å². The van der Waals surface area contributed by atoms with Crippen molar-refractivity contribution >= 4 is 29.0 Å². The van der Waals surface area contributed by atoms with E-state index in [0.29, 0.717) is 23.6 Å². The largest absolute Gasteiger partial charge is 0.457 e. The molecule has 0 spiro atoms. The van der Waals surface area contributed by atoms with Crippen LogP contribution in [0.25, 0.3) is 0 Å². The molecule has 1 aliphatic rings. The zero-order chi connectivity index (χ0) is 24.8. The molecule has 4 rings (SSSR count). The minimum absolute atomic E-state index is 0.0364. The van der Waals surface area contributed by atoms with Crippen molar-refractivity contribution in [3.05, 3.63) is 82.6 Å². The van der Waals surface area contributed by atoms with Crippen LogP contribution in [0.3, 0.4) is 0 Å². The van der Waals surface area contributed by atoms with Crippen LogP contribution in [0.5, 0.6) is 11.5 Å². The molecule has 1 aromatic heterocycles. The van der Waals surface area contributed by atoms with Crippen molar-refractivity contribution in [2.24, 2.45) is 4.99 Å². The number of alkyl halides is 3. The number of hydrogen-bond acceptors (Lipinski definition) is 5. The Kier molecular flexibility index (Phi) is 7.55. The van der Waals surface area contributed by atoms with E-state index in [4.69, 9.17) is 16.3 Å². The molecular weight excluding hydrogens is 481 g/mol. The predicted molar refractivity (Wildman–Crippen MR) is 128 cm³/mol. The lowest BCUT2D eigenvalue weighted by atomic mass is 10.1. The summed E-state index contributed by atoms with van der Waals surface area (Å²) in [7, 11) is 0. The molecule has 0 unspecified atom stereocenters. The van der Waals surface area contributed by atoms with Crippen LogP contribution >= 0.6 is 11.6 Å². The van der Waals surface area contributed by atoms with Gasteiger partial charge in [0.25, 0.3) is 0 Å². The number of amides is 1. The third kappa shape index (κ3) is 6.73. The second-order valence-corrected chi connectivity index (χ2v) is 8.28. The van der Waals surface area contributed by atoms with Crippen molar-refractivity contribution in [2.45, 2.75) is 25.4 Å². The van der Waals surface area contributed by atoms with Gasteiger partial charge < -0.3 is 15.4 Å². The summed E-state index contributed by atoms with van der Waals surface area (Å²) in [6.45, 7) is 1.61. The summed E-state index contributed by atoms with van der Waals surface area (Å²) in [6.07, 6.45) is -1.50. The molecule has 2 aromatic carbocycles. The SMILES string of the molecule is O=C(CCc1cccc(Oc2ccnc(C3=NCCCN3)c2)c1)Nc1ccc(Cl)c(C(F)(F)F)c1. The molecule has 2 N–H and O–H groups in total. The Labute approximate surface area is 205 Å². The Bertz CT molecular complexity index is 1250. The quantitative estimate of drug-likeness (QED) is 0.424. The number of aryl methyl sites for hydroxylation is 1. The summed E-state index contributed by atoms with van der Waals surface area (Å²) in [5.41, 5.74) is 0.588. The summed E-state index contributed by atoms with van der Waals surface area (Å²) in [6, 6.07) is 14.1. The van der Waals surface area contributed by atoms with Gasteiger partial charge in [0.15, 0.2) is 0 Å². The number of nitrogens with zero attached hydrogens (tertiary/aromatic N) is 2. The molecule has 0 radical (unpaired) electrons. The van der Waals surface area contributed by atoms with E-state index in [1.807, 2.05) is 18.2 Å². The Morgan fingerprint density at radius 2 is 1.94 bits per heavy atom. The van der Waals surface area contributed by atoms with Gasteiger partial charge >= 0.3 is 6.18 Å². The highest BCUT2D eigenvalue weighted by molar-refractivity contribution is 6.31. The van der Waals surface area contributed by atoms with Gasteiger partial charge in [-0.1, -0.05) is 23.7 Å². The van der Waals surface area contributed by atoms with Crippen LogP contribution in [0.1, 0.15) is 29.7 Å². The fraction of sp³-hybridized carbons (Fsp3) is 0.240. The molecule has 182 valence electrons. The molecule has 1 aliphatic heterocycles. The third-order valence-electron chi connectivity index (χ3n) is 5.20. The summed E-state index contributed by atoms with van der Waals surface area (Å²) >= 11 is 5.62. The fourth-order valence-electron chi connectivity index (χ4n) is 3.51. The van der Waals surface area contributed by atoms with Crippen molar-refractivity contribution in [1.29, 1.82) is 0 Å². The van der Waals surface area contributed by atoms with Crippen LogP contribution < -0.4 is 15.4 Å². The smallest absolute Gasteiger partial charge is 0.417 e. The number of rotatable bonds is 7. The standard InChI is InChI=1S/C25H22ClF3N4O2/c26-21-7-6-17(14-20(21)25(27,28)29)33-23(34)8-5-16-3-1-4-18(13-16)35-19-9-12-30-22(15-19)24-31-10-2-11-32-24/h1,3-4,6-7,9,12-15H,2,5,8,10-11H2,(H,31,32)(H,33,34). The Morgan fingerprint density at radius 3 is 2.71 bits per heavy atom. The van der Waals surface area contributed by atoms with E-state index in [-0.39, 0.29) is 12.1 Å². The van der Waals surface area contributed by atoms with Gasteiger partial charge in [0.1, 0.15) is 23.0 Å². The monoisotopic (exact) mass is 502 g/mol. The maximum absolute atomic E-state index is 13.0. The van der Waals surface area contributed by atoms with Crippen molar-refractivity contribution in [2.75, 3.05) is 18.4 Å². The minimum Gasteiger partial charge on any atom is -0.457 e. The Morgan fingerprint density at radius 1 is 1.11 bits per heavy atom. The van der Waals surface area contributed by atoms with E-state index >= 15 is 0 Å². The molecule has 0 aliphatic carbocycles. The molecule has 10 heteroatoms. The zero-order valence-electron chi connectivity index (χ0n) is 18.5. The van der Waals surface area contributed by atoms with Gasteiger partial charge in [-0.3, -0.25) is 14.8 Å².